The highest BCUT2D eigenvalue weighted by atomic mass is 16.5. The van der Waals surface area contributed by atoms with E-state index >= 15 is 0 Å². The zero-order valence-electron chi connectivity index (χ0n) is 10.3. The molecule has 0 atom stereocenters. The highest BCUT2D eigenvalue weighted by Gasteiger charge is 2.32. The Hall–Kier alpha value is -1.46. The average molecular weight is 230 g/mol. The summed E-state index contributed by atoms with van der Waals surface area (Å²) in [7, 11) is 0. The molecule has 0 rings (SSSR count). The lowest BCUT2D eigenvalue weighted by atomic mass is 10.1. The fraction of sp³-hybridized carbons (Fsp3) is 0.800. The number of esters is 1. The number of ether oxygens (including phenoxy) is 1. The minimum atomic E-state index is -1.34. The Morgan fingerprint density at radius 3 is 1.94 bits per heavy atom. The van der Waals surface area contributed by atoms with Gasteiger partial charge in [0.05, 0.1) is 6.61 Å². The van der Waals surface area contributed by atoms with Crippen LogP contribution in [0.25, 0.3) is 0 Å². The van der Waals surface area contributed by atoms with Crippen LogP contribution in [-0.2, 0) is 14.3 Å². The highest BCUT2D eigenvalue weighted by Crippen LogP contribution is 2.17. The van der Waals surface area contributed by atoms with Gasteiger partial charge in [0, 0.05) is 0 Å². The number of carboxylic acids is 1. The molecule has 0 aliphatic heterocycles. The molecule has 0 unspecified atom stereocenters. The Kier molecular flexibility index (Phi) is 4.59. The summed E-state index contributed by atoms with van der Waals surface area (Å²) in [6.07, 6.45) is 0. The van der Waals surface area contributed by atoms with Gasteiger partial charge in [-0.25, -0.2) is 9.59 Å². The third-order valence-corrected chi connectivity index (χ3v) is 1.85. The lowest BCUT2D eigenvalue weighted by Crippen LogP contribution is -2.34. The van der Waals surface area contributed by atoms with Crippen LogP contribution in [-0.4, -0.2) is 34.7 Å². The zero-order chi connectivity index (χ0) is 13.0. The number of hydrogen-bond donors (Lipinski definition) is 1. The van der Waals surface area contributed by atoms with E-state index in [9.17, 15) is 9.59 Å². The van der Waals surface area contributed by atoms with Crippen LogP contribution in [0.3, 0.4) is 0 Å². The van der Waals surface area contributed by atoms with Crippen molar-refractivity contribution in [3.63, 3.8) is 0 Å². The number of carbonyl (C=O) groups excluding carboxylic acids is 1. The quantitative estimate of drug-likeness (QED) is 0.574. The van der Waals surface area contributed by atoms with Crippen LogP contribution in [0.5, 0.6) is 0 Å². The molecule has 0 aromatic carbocycles. The molecule has 0 aromatic heterocycles. The summed E-state index contributed by atoms with van der Waals surface area (Å²) >= 11 is 0. The Morgan fingerprint density at radius 2 is 1.56 bits per heavy atom. The molecule has 0 aliphatic carbocycles. The van der Waals surface area contributed by atoms with E-state index in [-0.39, 0.29) is 6.61 Å². The predicted octanol–water partition coefficient (Wildman–Crippen LogP) is 1.64. The Morgan fingerprint density at radius 1 is 1.12 bits per heavy atom. The lowest BCUT2D eigenvalue weighted by molar-refractivity contribution is -0.149. The van der Waals surface area contributed by atoms with E-state index in [4.69, 9.17) is 9.84 Å². The second-order valence-electron chi connectivity index (χ2n) is 4.34. The number of azo groups is 1. The number of hydrogen-bond acceptors (Lipinski definition) is 5. The molecule has 16 heavy (non-hydrogen) atoms. The Balaban J connectivity index is 4.76. The van der Waals surface area contributed by atoms with Gasteiger partial charge < -0.3 is 9.84 Å². The van der Waals surface area contributed by atoms with Gasteiger partial charge in [-0.15, -0.1) is 0 Å². The van der Waals surface area contributed by atoms with Crippen molar-refractivity contribution in [1.29, 1.82) is 0 Å². The van der Waals surface area contributed by atoms with Crippen molar-refractivity contribution in [2.45, 2.75) is 45.7 Å². The molecule has 0 bridgehead atoms. The van der Waals surface area contributed by atoms with Crippen molar-refractivity contribution in [2.75, 3.05) is 6.61 Å². The van der Waals surface area contributed by atoms with E-state index < -0.39 is 23.0 Å². The minimum absolute atomic E-state index is 0.250. The number of carboxylic acid groups (broad SMARTS) is 1. The predicted molar refractivity (Wildman–Crippen MR) is 57.3 cm³/mol. The average Bonchev–Trinajstić information content (AvgIpc) is 2.15. The second-order valence-corrected chi connectivity index (χ2v) is 4.34. The fourth-order valence-electron chi connectivity index (χ4n) is 0.641. The smallest absolute Gasteiger partial charge is 0.335 e. The molecule has 6 nitrogen and oxygen atoms in total. The van der Waals surface area contributed by atoms with Gasteiger partial charge in [-0.2, -0.15) is 10.2 Å². The van der Waals surface area contributed by atoms with Gasteiger partial charge in [-0.1, -0.05) is 0 Å². The van der Waals surface area contributed by atoms with Crippen LogP contribution in [0.15, 0.2) is 10.2 Å². The number of aliphatic carboxylic acids is 1. The van der Waals surface area contributed by atoms with Crippen LogP contribution in [0.2, 0.25) is 0 Å². The van der Waals surface area contributed by atoms with Crippen molar-refractivity contribution in [1.82, 2.24) is 0 Å². The first-order valence-corrected chi connectivity index (χ1v) is 4.98. The summed E-state index contributed by atoms with van der Waals surface area (Å²) in [6, 6.07) is 0. The number of carbonyl (C=O) groups is 2. The van der Waals surface area contributed by atoms with Gasteiger partial charge in [0.1, 0.15) is 0 Å². The van der Waals surface area contributed by atoms with E-state index in [0.717, 1.165) is 0 Å². The Bertz CT molecular complexity index is 308. The fourth-order valence-corrected chi connectivity index (χ4v) is 0.641. The molecule has 92 valence electrons. The molecule has 0 radical (unpaired) electrons. The standard InChI is InChI=1S/C10H18N2O4/c1-6-16-8(15)10(4,5)12-11-9(2,3)7(13)14/h6H2,1-5H3,(H,13,14). The zero-order valence-corrected chi connectivity index (χ0v) is 10.3. The van der Waals surface area contributed by atoms with Gasteiger partial charge in [-0.3, -0.25) is 0 Å². The van der Waals surface area contributed by atoms with Gasteiger partial charge in [-0.05, 0) is 34.6 Å². The molecule has 0 fully saturated rings. The van der Waals surface area contributed by atoms with Gasteiger partial charge >= 0.3 is 11.9 Å². The molecule has 0 spiro atoms. The summed E-state index contributed by atoms with van der Waals surface area (Å²) in [5.74, 6) is -1.63. The van der Waals surface area contributed by atoms with E-state index in [2.05, 4.69) is 10.2 Å². The summed E-state index contributed by atoms with van der Waals surface area (Å²) < 4.78 is 4.79. The van der Waals surface area contributed by atoms with Gasteiger partial charge in [0.25, 0.3) is 0 Å². The van der Waals surface area contributed by atoms with Crippen LogP contribution in [0.1, 0.15) is 34.6 Å². The van der Waals surface area contributed by atoms with Crippen LogP contribution in [0.4, 0.5) is 0 Å². The minimum Gasteiger partial charge on any atom is -0.479 e. The van der Waals surface area contributed by atoms with Crippen molar-refractivity contribution in [3.05, 3.63) is 0 Å². The first kappa shape index (κ1) is 14.5. The summed E-state index contributed by atoms with van der Waals surface area (Å²) in [5, 5.41) is 16.2. The van der Waals surface area contributed by atoms with Crippen molar-refractivity contribution < 1.29 is 19.4 Å². The molecule has 0 aromatic rings. The maximum atomic E-state index is 11.4. The van der Waals surface area contributed by atoms with E-state index in [0.29, 0.717) is 0 Å². The van der Waals surface area contributed by atoms with E-state index in [1.807, 2.05) is 0 Å². The lowest BCUT2D eigenvalue weighted by Gasteiger charge is -2.18. The molecule has 0 saturated heterocycles. The van der Waals surface area contributed by atoms with Crippen molar-refractivity contribution in [3.8, 4) is 0 Å². The first-order chi connectivity index (χ1) is 7.13. The molecule has 0 heterocycles. The molecule has 0 saturated carbocycles. The highest BCUT2D eigenvalue weighted by molar-refractivity contribution is 5.80. The van der Waals surface area contributed by atoms with Crippen LogP contribution in [0, 0.1) is 0 Å². The monoisotopic (exact) mass is 230 g/mol. The maximum absolute atomic E-state index is 11.4. The molecule has 6 heteroatoms. The number of nitrogens with zero attached hydrogens (tertiary/aromatic N) is 2. The third-order valence-electron chi connectivity index (χ3n) is 1.85. The summed E-state index contributed by atoms with van der Waals surface area (Å²) in [4.78, 5) is 22.2. The first-order valence-electron chi connectivity index (χ1n) is 4.98. The maximum Gasteiger partial charge on any atom is 0.335 e. The summed E-state index contributed by atoms with van der Waals surface area (Å²) in [5.41, 5.74) is -2.51. The molecule has 0 amide bonds. The van der Waals surface area contributed by atoms with Gasteiger partial charge in [0.15, 0.2) is 11.1 Å². The van der Waals surface area contributed by atoms with Crippen LogP contribution < -0.4 is 0 Å². The SMILES string of the molecule is CCOC(=O)C(C)(C)N=NC(C)(C)C(=O)O. The van der Waals surface area contributed by atoms with E-state index in [1.165, 1.54) is 27.7 Å². The topological polar surface area (TPSA) is 88.3 Å². The Labute approximate surface area is 94.7 Å². The van der Waals surface area contributed by atoms with Crippen molar-refractivity contribution in [2.24, 2.45) is 10.2 Å². The molecule has 1 N–H and O–H groups in total. The largest absolute Gasteiger partial charge is 0.479 e. The normalized spacial score (nSPS) is 12.8. The molecular formula is C10H18N2O4. The molecular weight excluding hydrogens is 212 g/mol. The summed E-state index contributed by atoms with van der Waals surface area (Å²) in [6.45, 7) is 7.78. The second kappa shape index (κ2) is 5.05. The number of rotatable bonds is 5. The molecule has 0 aliphatic rings. The van der Waals surface area contributed by atoms with Crippen molar-refractivity contribution >= 4 is 11.9 Å². The van der Waals surface area contributed by atoms with Gasteiger partial charge in [0.2, 0.25) is 0 Å². The van der Waals surface area contributed by atoms with E-state index in [1.54, 1.807) is 6.92 Å². The van der Waals surface area contributed by atoms with Crippen LogP contribution >= 0.6 is 0 Å². The third kappa shape index (κ3) is 3.96.